The van der Waals surface area contributed by atoms with Crippen LogP contribution in [-0.4, -0.2) is 12.4 Å². The SMILES string of the molecule is O=c1ccoc2ccc(OCCSc3ccccc3)cc12. The highest BCUT2D eigenvalue weighted by Crippen LogP contribution is 2.20. The normalized spacial score (nSPS) is 10.7. The summed E-state index contributed by atoms with van der Waals surface area (Å²) in [4.78, 5) is 12.9. The summed E-state index contributed by atoms with van der Waals surface area (Å²) in [6.07, 6.45) is 1.40. The largest absolute Gasteiger partial charge is 0.493 e. The maximum absolute atomic E-state index is 11.7. The topological polar surface area (TPSA) is 39.4 Å². The van der Waals surface area contributed by atoms with E-state index in [-0.39, 0.29) is 5.43 Å². The van der Waals surface area contributed by atoms with Crippen LogP contribution in [0.25, 0.3) is 11.0 Å². The van der Waals surface area contributed by atoms with Crippen molar-refractivity contribution in [3.63, 3.8) is 0 Å². The van der Waals surface area contributed by atoms with Crippen molar-refractivity contribution in [1.29, 1.82) is 0 Å². The molecule has 0 N–H and O–H groups in total. The zero-order valence-corrected chi connectivity index (χ0v) is 12.1. The van der Waals surface area contributed by atoms with Gasteiger partial charge in [-0.2, -0.15) is 0 Å². The molecule has 106 valence electrons. The van der Waals surface area contributed by atoms with Crippen LogP contribution >= 0.6 is 11.8 Å². The third kappa shape index (κ3) is 3.47. The molecule has 0 saturated carbocycles. The molecule has 3 rings (SSSR count). The third-order valence-corrected chi connectivity index (χ3v) is 3.97. The predicted molar refractivity (Wildman–Crippen MR) is 85.1 cm³/mol. The monoisotopic (exact) mass is 298 g/mol. The second-order valence-corrected chi connectivity index (χ2v) is 5.62. The van der Waals surface area contributed by atoms with Crippen LogP contribution in [0, 0.1) is 0 Å². The lowest BCUT2D eigenvalue weighted by atomic mass is 10.2. The molecule has 0 saturated heterocycles. The van der Waals surface area contributed by atoms with Gasteiger partial charge < -0.3 is 9.15 Å². The molecule has 4 heteroatoms. The van der Waals surface area contributed by atoms with E-state index in [4.69, 9.17) is 9.15 Å². The van der Waals surface area contributed by atoms with Crippen molar-refractivity contribution in [3.05, 3.63) is 71.1 Å². The van der Waals surface area contributed by atoms with Crippen LogP contribution in [-0.2, 0) is 0 Å². The summed E-state index contributed by atoms with van der Waals surface area (Å²) in [6, 6.07) is 16.9. The summed E-state index contributed by atoms with van der Waals surface area (Å²) >= 11 is 1.74. The Bertz CT molecular complexity index is 781. The van der Waals surface area contributed by atoms with Gasteiger partial charge in [0, 0.05) is 16.7 Å². The van der Waals surface area contributed by atoms with Crippen molar-refractivity contribution < 1.29 is 9.15 Å². The lowest BCUT2D eigenvalue weighted by Gasteiger charge is -2.06. The van der Waals surface area contributed by atoms with Crippen molar-refractivity contribution in [2.75, 3.05) is 12.4 Å². The molecule has 0 aliphatic carbocycles. The molecule has 0 spiro atoms. The first-order chi connectivity index (χ1) is 10.3. The molecule has 0 atom stereocenters. The molecule has 0 amide bonds. The van der Waals surface area contributed by atoms with Crippen molar-refractivity contribution in [2.24, 2.45) is 0 Å². The van der Waals surface area contributed by atoms with Crippen LogP contribution in [0.1, 0.15) is 0 Å². The van der Waals surface area contributed by atoms with E-state index in [1.54, 1.807) is 23.9 Å². The second kappa shape index (κ2) is 6.50. The van der Waals surface area contributed by atoms with E-state index in [1.165, 1.54) is 17.2 Å². The van der Waals surface area contributed by atoms with Gasteiger partial charge in [-0.1, -0.05) is 18.2 Å². The molecule has 0 bridgehead atoms. The highest BCUT2D eigenvalue weighted by molar-refractivity contribution is 7.99. The number of ether oxygens (including phenoxy) is 1. The summed E-state index contributed by atoms with van der Waals surface area (Å²) in [5.74, 6) is 1.54. The molecule has 0 unspecified atom stereocenters. The van der Waals surface area contributed by atoms with E-state index in [1.807, 2.05) is 24.3 Å². The number of thioether (sulfide) groups is 1. The zero-order chi connectivity index (χ0) is 14.5. The minimum absolute atomic E-state index is 0.0552. The molecule has 0 aliphatic heterocycles. The highest BCUT2D eigenvalue weighted by atomic mass is 32.2. The van der Waals surface area contributed by atoms with Crippen molar-refractivity contribution in [3.8, 4) is 5.75 Å². The maximum atomic E-state index is 11.7. The molecular weight excluding hydrogens is 284 g/mol. The summed E-state index contributed by atoms with van der Waals surface area (Å²) in [7, 11) is 0. The van der Waals surface area contributed by atoms with Crippen LogP contribution in [0.2, 0.25) is 0 Å². The first-order valence-electron chi connectivity index (χ1n) is 6.65. The number of hydrogen-bond acceptors (Lipinski definition) is 4. The smallest absolute Gasteiger partial charge is 0.192 e. The van der Waals surface area contributed by atoms with Gasteiger partial charge in [-0.25, -0.2) is 0 Å². The summed E-state index contributed by atoms with van der Waals surface area (Å²) in [5, 5.41) is 0.547. The number of hydrogen-bond donors (Lipinski definition) is 0. The van der Waals surface area contributed by atoms with E-state index < -0.39 is 0 Å². The van der Waals surface area contributed by atoms with Gasteiger partial charge in [0.2, 0.25) is 0 Å². The van der Waals surface area contributed by atoms with Crippen molar-refractivity contribution in [1.82, 2.24) is 0 Å². The lowest BCUT2D eigenvalue weighted by Crippen LogP contribution is -2.02. The second-order valence-electron chi connectivity index (χ2n) is 4.45. The Labute approximate surface area is 126 Å². The maximum Gasteiger partial charge on any atom is 0.192 e. The number of benzene rings is 2. The Morgan fingerprint density at radius 3 is 2.76 bits per heavy atom. The molecule has 1 aromatic heterocycles. The first-order valence-corrected chi connectivity index (χ1v) is 7.64. The Morgan fingerprint density at radius 2 is 1.90 bits per heavy atom. The summed E-state index contributed by atoms with van der Waals surface area (Å²) in [5.41, 5.74) is 0.522. The average Bonchev–Trinajstić information content (AvgIpc) is 2.53. The Hall–Kier alpha value is -2.20. The third-order valence-electron chi connectivity index (χ3n) is 2.99. The van der Waals surface area contributed by atoms with Gasteiger partial charge >= 0.3 is 0 Å². The molecule has 2 aromatic carbocycles. The van der Waals surface area contributed by atoms with Crippen LogP contribution in [0.5, 0.6) is 5.75 Å². The van der Waals surface area contributed by atoms with E-state index >= 15 is 0 Å². The van der Waals surface area contributed by atoms with Gasteiger partial charge in [-0.15, -0.1) is 11.8 Å². The highest BCUT2D eigenvalue weighted by Gasteiger charge is 2.02. The summed E-state index contributed by atoms with van der Waals surface area (Å²) < 4.78 is 11.0. The van der Waals surface area contributed by atoms with Gasteiger partial charge in [0.05, 0.1) is 18.3 Å². The van der Waals surface area contributed by atoms with Gasteiger partial charge in [-0.05, 0) is 30.3 Å². The molecule has 0 radical (unpaired) electrons. The predicted octanol–water partition coefficient (Wildman–Crippen LogP) is 3.96. The van der Waals surface area contributed by atoms with Crippen LogP contribution in [0.4, 0.5) is 0 Å². The quantitative estimate of drug-likeness (QED) is 0.528. The molecule has 3 nitrogen and oxygen atoms in total. The molecule has 1 heterocycles. The van der Waals surface area contributed by atoms with E-state index in [2.05, 4.69) is 12.1 Å². The van der Waals surface area contributed by atoms with E-state index in [0.29, 0.717) is 23.3 Å². The van der Waals surface area contributed by atoms with Crippen LogP contribution in [0.3, 0.4) is 0 Å². The average molecular weight is 298 g/mol. The molecule has 21 heavy (non-hydrogen) atoms. The summed E-state index contributed by atoms with van der Waals surface area (Å²) in [6.45, 7) is 0.587. The van der Waals surface area contributed by atoms with E-state index in [9.17, 15) is 4.79 Å². The van der Waals surface area contributed by atoms with Gasteiger partial charge in [0.25, 0.3) is 0 Å². The Morgan fingerprint density at radius 1 is 1.05 bits per heavy atom. The van der Waals surface area contributed by atoms with E-state index in [0.717, 1.165) is 5.75 Å². The molecular formula is C17H14O3S. The van der Waals surface area contributed by atoms with Gasteiger partial charge in [0.15, 0.2) is 5.43 Å². The van der Waals surface area contributed by atoms with Crippen LogP contribution < -0.4 is 10.2 Å². The molecule has 3 aromatic rings. The minimum Gasteiger partial charge on any atom is -0.493 e. The Balaban J connectivity index is 1.61. The van der Waals surface area contributed by atoms with Crippen molar-refractivity contribution >= 4 is 22.7 Å². The fourth-order valence-corrected chi connectivity index (χ4v) is 2.74. The van der Waals surface area contributed by atoms with Crippen LogP contribution in [0.15, 0.2) is 75.0 Å². The standard InChI is InChI=1S/C17H14O3S/c18-16-8-9-20-17-7-6-13(12-15(16)17)19-10-11-21-14-4-2-1-3-5-14/h1-9,12H,10-11H2. The number of rotatable bonds is 5. The van der Waals surface area contributed by atoms with Gasteiger partial charge in [0.1, 0.15) is 11.3 Å². The fourth-order valence-electron chi connectivity index (χ4n) is 1.99. The fraction of sp³-hybridized carbons (Fsp3) is 0.118. The minimum atomic E-state index is -0.0552. The zero-order valence-electron chi connectivity index (χ0n) is 11.3. The van der Waals surface area contributed by atoms with Crippen molar-refractivity contribution in [2.45, 2.75) is 4.90 Å². The molecule has 0 fully saturated rings. The number of fused-ring (bicyclic) bond motifs is 1. The van der Waals surface area contributed by atoms with Gasteiger partial charge in [-0.3, -0.25) is 4.79 Å². The first kappa shape index (κ1) is 13.8. The lowest BCUT2D eigenvalue weighted by molar-refractivity contribution is 0.344. The Kier molecular flexibility index (Phi) is 4.26. The molecule has 0 aliphatic rings.